The maximum absolute atomic E-state index is 12.1. The van der Waals surface area contributed by atoms with E-state index in [0.717, 1.165) is 11.1 Å². The van der Waals surface area contributed by atoms with E-state index in [1.54, 1.807) is 6.08 Å². The van der Waals surface area contributed by atoms with Crippen molar-refractivity contribution in [2.24, 2.45) is 0 Å². The van der Waals surface area contributed by atoms with Crippen LogP contribution in [0.25, 0.3) is 6.08 Å². The first-order chi connectivity index (χ1) is 9.67. The molecule has 1 saturated heterocycles. The molecule has 3 nitrogen and oxygen atoms in total. The van der Waals surface area contributed by atoms with Crippen molar-refractivity contribution in [3.63, 3.8) is 0 Å². The summed E-state index contributed by atoms with van der Waals surface area (Å²) < 4.78 is 29.6. The van der Waals surface area contributed by atoms with Crippen LogP contribution in [0, 0.1) is 0 Å². The number of benzene rings is 2. The van der Waals surface area contributed by atoms with E-state index in [4.69, 9.17) is 4.74 Å². The molecule has 0 N–H and O–H groups in total. The molecule has 1 aliphatic heterocycles. The minimum atomic E-state index is -3.39. The average molecular weight is 286 g/mol. The average Bonchev–Trinajstić information content (AvgIpc) is 3.29. The maximum atomic E-state index is 12.1. The topological polar surface area (TPSA) is 46.7 Å². The standard InChI is InChI=1S/C16H14O3S/c17-20(18,12-11-13-7-3-1-4-8-13)16-15(19-16)14-9-5-2-6-10-14/h1-12,15-16H/b12-11+. The van der Waals surface area contributed by atoms with Crippen LogP contribution in [-0.4, -0.2) is 13.9 Å². The van der Waals surface area contributed by atoms with E-state index in [0.29, 0.717) is 0 Å². The van der Waals surface area contributed by atoms with E-state index >= 15 is 0 Å². The first-order valence-electron chi connectivity index (χ1n) is 6.34. The largest absolute Gasteiger partial charge is 0.347 e. The van der Waals surface area contributed by atoms with Crippen molar-refractivity contribution in [2.75, 3.05) is 0 Å². The normalized spacial score (nSPS) is 22.0. The Labute approximate surface area is 118 Å². The zero-order valence-corrected chi connectivity index (χ0v) is 11.5. The molecular weight excluding hydrogens is 272 g/mol. The van der Waals surface area contributed by atoms with Gasteiger partial charge in [0.05, 0.1) is 0 Å². The van der Waals surface area contributed by atoms with Gasteiger partial charge in [-0.25, -0.2) is 8.42 Å². The molecule has 0 saturated carbocycles. The zero-order chi connectivity index (χ0) is 14.0. The molecule has 0 bridgehead atoms. The molecule has 3 rings (SSSR count). The Morgan fingerprint density at radius 3 is 2.15 bits per heavy atom. The van der Waals surface area contributed by atoms with Gasteiger partial charge in [-0.3, -0.25) is 0 Å². The third-order valence-corrected chi connectivity index (χ3v) is 4.67. The summed E-state index contributed by atoms with van der Waals surface area (Å²) in [6.07, 6.45) is 1.25. The van der Waals surface area contributed by atoms with Crippen LogP contribution in [0.1, 0.15) is 17.2 Å². The number of sulfone groups is 1. The predicted molar refractivity (Wildman–Crippen MR) is 78.5 cm³/mol. The second-order valence-corrected chi connectivity index (χ2v) is 6.55. The van der Waals surface area contributed by atoms with E-state index < -0.39 is 15.3 Å². The molecule has 1 aliphatic rings. The van der Waals surface area contributed by atoms with Gasteiger partial charge in [-0.1, -0.05) is 60.7 Å². The van der Waals surface area contributed by atoms with Gasteiger partial charge in [0, 0.05) is 5.41 Å². The molecular formula is C16H14O3S. The van der Waals surface area contributed by atoms with Gasteiger partial charge in [-0.05, 0) is 17.2 Å². The molecule has 2 unspecified atom stereocenters. The molecule has 0 amide bonds. The second kappa shape index (κ2) is 5.23. The molecule has 2 atom stereocenters. The van der Waals surface area contributed by atoms with Crippen molar-refractivity contribution in [3.8, 4) is 0 Å². The molecule has 0 aromatic heterocycles. The highest BCUT2D eigenvalue weighted by Gasteiger charge is 2.48. The molecule has 2 aromatic carbocycles. The molecule has 0 radical (unpaired) electrons. The molecule has 20 heavy (non-hydrogen) atoms. The SMILES string of the molecule is O=S(=O)(/C=C/c1ccccc1)C1OC1c1ccccc1. The Morgan fingerprint density at radius 1 is 0.900 bits per heavy atom. The summed E-state index contributed by atoms with van der Waals surface area (Å²) in [6, 6.07) is 18.7. The van der Waals surface area contributed by atoms with Crippen LogP contribution in [0.15, 0.2) is 66.1 Å². The van der Waals surface area contributed by atoms with Gasteiger partial charge < -0.3 is 4.74 Å². The fourth-order valence-corrected chi connectivity index (χ4v) is 3.32. The van der Waals surface area contributed by atoms with Crippen molar-refractivity contribution in [2.45, 2.75) is 11.5 Å². The van der Waals surface area contributed by atoms with Crippen molar-refractivity contribution < 1.29 is 13.2 Å². The summed E-state index contributed by atoms with van der Waals surface area (Å²) in [5.41, 5.74) is 0.993. The fraction of sp³-hybridized carbons (Fsp3) is 0.125. The van der Waals surface area contributed by atoms with Gasteiger partial charge in [0.25, 0.3) is 0 Å². The minimum Gasteiger partial charge on any atom is -0.347 e. The summed E-state index contributed by atoms with van der Waals surface area (Å²) in [4.78, 5) is 0. The Morgan fingerprint density at radius 2 is 1.50 bits per heavy atom. The highest BCUT2D eigenvalue weighted by molar-refractivity contribution is 7.95. The Bertz CT molecular complexity index is 706. The van der Waals surface area contributed by atoms with Crippen molar-refractivity contribution in [3.05, 3.63) is 77.2 Å². The fourth-order valence-electron chi connectivity index (χ4n) is 2.04. The number of rotatable bonds is 4. The van der Waals surface area contributed by atoms with E-state index in [2.05, 4.69) is 0 Å². The number of hydrogen-bond donors (Lipinski definition) is 0. The van der Waals surface area contributed by atoms with Gasteiger partial charge in [0.15, 0.2) is 5.44 Å². The third kappa shape index (κ3) is 2.81. The number of epoxide rings is 1. The zero-order valence-electron chi connectivity index (χ0n) is 10.7. The lowest BCUT2D eigenvalue weighted by Gasteiger charge is -1.95. The first-order valence-corrected chi connectivity index (χ1v) is 7.95. The minimum absolute atomic E-state index is 0.346. The quantitative estimate of drug-likeness (QED) is 0.811. The van der Waals surface area contributed by atoms with Gasteiger partial charge in [0.1, 0.15) is 6.10 Å². The van der Waals surface area contributed by atoms with Crippen molar-refractivity contribution >= 4 is 15.9 Å². The third-order valence-electron chi connectivity index (χ3n) is 3.15. The van der Waals surface area contributed by atoms with Crippen molar-refractivity contribution in [1.29, 1.82) is 0 Å². The summed E-state index contributed by atoms with van der Waals surface area (Å²) in [7, 11) is -3.39. The lowest BCUT2D eigenvalue weighted by molar-refractivity contribution is 0.400. The summed E-state index contributed by atoms with van der Waals surface area (Å²) in [6.45, 7) is 0. The van der Waals surface area contributed by atoms with E-state index in [1.807, 2.05) is 60.7 Å². The van der Waals surface area contributed by atoms with E-state index in [9.17, 15) is 8.42 Å². The van der Waals surface area contributed by atoms with Crippen LogP contribution >= 0.6 is 0 Å². The van der Waals surface area contributed by atoms with Crippen molar-refractivity contribution in [1.82, 2.24) is 0 Å². The van der Waals surface area contributed by atoms with Crippen LogP contribution in [0.2, 0.25) is 0 Å². The summed E-state index contributed by atoms with van der Waals surface area (Å²) >= 11 is 0. The second-order valence-electron chi connectivity index (χ2n) is 4.64. The molecule has 0 spiro atoms. The molecule has 1 heterocycles. The lowest BCUT2D eigenvalue weighted by atomic mass is 10.2. The van der Waals surface area contributed by atoms with Gasteiger partial charge >= 0.3 is 0 Å². The van der Waals surface area contributed by atoms with Crippen LogP contribution in [0.4, 0.5) is 0 Å². The molecule has 4 heteroatoms. The monoisotopic (exact) mass is 286 g/mol. The highest BCUT2D eigenvalue weighted by atomic mass is 32.2. The number of hydrogen-bond acceptors (Lipinski definition) is 3. The van der Waals surface area contributed by atoms with Gasteiger partial charge in [0.2, 0.25) is 9.84 Å². The molecule has 1 fully saturated rings. The Balaban J connectivity index is 1.73. The van der Waals surface area contributed by atoms with E-state index in [-0.39, 0.29) is 6.10 Å². The van der Waals surface area contributed by atoms with Crippen LogP contribution < -0.4 is 0 Å². The van der Waals surface area contributed by atoms with Gasteiger partial charge in [-0.15, -0.1) is 0 Å². The maximum Gasteiger partial charge on any atom is 0.201 e. The smallest absolute Gasteiger partial charge is 0.201 e. The Hall–Kier alpha value is -1.91. The van der Waals surface area contributed by atoms with E-state index in [1.165, 1.54) is 5.41 Å². The molecule has 102 valence electrons. The van der Waals surface area contributed by atoms with Crippen LogP contribution in [-0.2, 0) is 14.6 Å². The molecule has 2 aromatic rings. The highest BCUT2D eigenvalue weighted by Crippen LogP contribution is 2.42. The number of ether oxygens (including phenoxy) is 1. The van der Waals surface area contributed by atoms with Crippen LogP contribution in [0.5, 0.6) is 0 Å². The predicted octanol–water partition coefficient (Wildman–Crippen LogP) is 3.17. The Kier molecular flexibility index (Phi) is 3.42. The lowest BCUT2D eigenvalue weighted by Crippen LogP contribution is -2.04. The van der Waals surface area contributed by atoms with Gasteiger partial charge in [-0.2, -0.15) is 0 Å². The summed E-state index contributed by atoms with van der Waals surface area (Å²) in [5, 5.41) is 1.23. The first kappa shape index (κ1) is 13.1. The van der Waals surface area contributed by atoms with Crippen LogP contribution in [0.3, 0.4) is 0 Å². The molecule has 0 aliphatic carbocycles. The summed E-state index contributed by atoms with van der Waals surface area (Å²) in [5.74, 6) is 0.